The van der Waals surface area contributed by atoms with E-state index in [-0.39, 0.29) is 49.3 Å². The quantitative estimate of drug-likeness (QED) is 0.0746. The third-order valence-electron chi connectivity index (χ3n) is 15.7. The lowest BCUT2D eigenvalue weighted by Crippen LogP contribution is -2.55. The van der Waals surface area contributed by atoms with Crippen molar-refractivity contribution in [2.24, 2.45) is 23.7 Å². The van der Waals surface area contributed by atoms with E-state index in [9.17, 15) is 0 Å². The maximum atomic E-state index is 4.34. The largest absolute Gasteiger partial charge is 0.286 e. The highest BCUT2D eigenvalue weighted by atomic mass is 32.2. The molecule has 6 aromatic carbocycles. The fourth-order valence-corrected chi connectivity index (χ4v) is 17.9. The highest BCUT2D eigenvalue weighted by Crippen LogP contribution is 2.51. The molecule has 348 valence electrons. The summed E-state index contributed by atoms with van der Waals surface area (Å²) >= 11 is 7.94. The standard InChI is InChI=1S/C56H60N8S4/c1-5-17-33(18-6-1)65-41-29-13-25-37-45(41)53-57-49(37)62-54-47-39(27-15-31-43(47)67-35-21-9-3-10-22-35)51(59-54)64-56-48-40(28-16-32-44(48)68-36-23-11-4-12-24-36)52(60-56)63-55-46-38(50(58-55)61-53)26-14-30-42(46)66-34-19-7-2-8-20-34/h1-13,16-25,28-29,32,38-39,42-43,46-47,49-64H,14-15,26-27,30-31H2. The van der Waals surface area contributed by atoms with Gasteiger partial charge in [-0.3, -0.25) is 42.5 Å². The topological polar surface area (TPSA) is 96.2 Å². The molecule has 0 amide bonds. The van der Waals surface area contributed by atoms with E-state index < -0.39 is 0 Å². The van der Waals surface area contributed by atoms with Crippen molar-refractivity contribution in [3.8, 4) is 0 Å². The molecule has 6 aromatic rings. The molecule has 0 spiro atoms. The van der Waals surface area contributed by atoms with Crippen molar-refractivity contribution in [1.82, 2.24) is 42.5 Å². The molecule has 8 nitrogen and oxygen atoms in total. The smallest absolute Gasteiger partial charge is 0.0876 e. The summed E-state index contributed by atoms with van der Waals surface area (Å²) in [7, 11) is 0. The van der Waals surface area contributed by atoms with E-state index in [1.54, 1.807) is 0 Å². The number of hydrogen-bond acceptors (Lipinski definition) is 12. The first-order valence-electron chi connectivity index (χ1n) is 24.9. The van der Waals surface area contributed by atoms with Crippen LogP contribution in [0.1, 0.15) is 85.4 Å². The Labute approximate surface area is 418 Å². The Balaban J connectivity index is 0.918. The van der Waals surface area contributed by atoms with Crippen LogP contribution in [0.5, 0.6) is 0 Å². The average Bonchev–Trinajstić information content (AvgIpc) is 4.12. The van der Waals surface area contributed by atoms with E-state index in [0.29, 0.717) is 34.2 Å². The molecule has 7 aliphatic rings. The van der Waals surface area contributed by atoms with Gasteiger partial charge in [0, 0.05) is 62.8 Å². The number of hydrogen-bond donors (Lipinski definition) is 8. The zero-order chi connectivity index (χ0) is 45.0. The van der Waals surface area contributed by atoms with Gasteiger partial charge in [0.2, 0.25) is 0 Å². The van der Waals surface area contributed by atoms with Crippen LogP contribution in [0.15, 0.2) is 187 Å². The van der Waals surface area contributed by atoms with Crippen molar-refractivity contribution >= 4 is 47.0 Å². The summed E-state index contributed by atoms with van der Waals surface area (Å²) in [5, 5.41) is 35.3. The van der Waals surface area contributed by atoms with Crippen LogP contribution in [0.4, 0.5) is 0 Å². The molecular formula is C56H60N8S4. The molecule has 5 fully saturated rings. The summed E-state index contributed by atoms with van der Waals surface area (Å²) in [5.74, 6) is 1.69. The fraction of sp³-hybridized carbons (Fsp3) is 0.357. The molecule has 2 aliphatic carbocycles. The first kappa shape index (κ1) is 44.3. The van der Waals surface area contributed by atoms with E-state index in [2.05, 4.69) is 224 Å². The molecule has 13 rings (SSSR count). The van der Waals surface area contributed by atoms with Crippen molar-refractivity contribution in [1.29, 1.82) is 0 Å². The van der Waals surface area contributed by atoms with Crippen molar-refractivity contribution in [3.05, 3.63) is 180 Å². The summed E-state index contributed by atoms with van der Waals surface area (Å²) in [4.78, 5) is 7.85. The summed E-state index contributed by atoms with van der Waals surface area (Å²) in [6.45, 7) is 0. The van der Waals surface area contributed by atoms with Crippen LogP contribution >= 0.6 is 47.0 Å². The van der Waals surface area contributed by atoms with E-state index >= 15 is 0 Å². The van der Waals surface area contributed by atoms with Gasteiger partial charge in [0.1, 0.15) is 0 Å². The lowest BCUT2D eigenvalue weighted by atomic mass is 9.78. The Kier molecular flexibility index (Phi) is 12.7. The SMILES string of the molecule is c1ccc(Sc2cccc3c2C2NC3NC3NC(NC4NC(NC5NC(N2)C2CCCC(Sc6ccccc6)C52)c2cccc(Sc5ccccc5)c24)C2CCCC(Sc4ccccc4)C32)cc1. The normalized spacial score (nSPS) is 33.6. The summed E-state index contributed by atoms with van der Waals surface area (Å²) in [5.41, 5.74) is 5.41. The zero-order valence-electron chi connectivity index (χ0n) is 38.0. The molecule has 5 aliphatic heterocycles. The average molecular weight is 973 g/mol. The summed E-state index contributed by atoms with van der Waals surface area (Å²) in [6, 6.07) is 58.0. The van der Waals surface area contributed by atoms with Crippen LogP contribution in [-0.4, -0.2) is 35.2 Å². The van der Waals surface area contributed by atoms with Gasteiger partial charge in [0.15, 0.2) is 0 Å². The van der Waals surface area contributed by atoms with Gasteiger partial charge in [-0.15, -0.1) is 23.5 Å². The summed E-state index contributed by atoms with van der Waals surface area (Å²) < 4.78 is 0. The number of thioether (sulfide) groups is 2. The second kappa shape index (κ2) is 19.5. The number of fused-ring (bicyclic) bond motifs is 20. The molecule has 14 atom stereocenters. The Hall–Kier alpha value is -3.60. The van der Waals surface area contributed by atoms with Crippen LogP contribution in [0.3, 0.4) is 0 Å². The van der Waals surface area contributed by atoms with E-state index in [1.807, 2.05) is 23.5 Å². The van der Waals surface area contributed by atoms with Gasteiger partial charge in [-0.25, -0.2) is 0 Å². The Morgan fingerprint density at radius 2 is 0.706 bits per heavy atom. The second-order valence-electron chi connectivity index (χ2n) is 19.6. The Bertz CT molecular complexity index is 2500. The lowest BCUT2D eigenvalue weighted by Gasteiger charge is -2.39. The molecule has 14 unspecified atom stereocenters. The van der Waals surface area contributed by atoms with Crippen molar-refractivity contribution < 1.29 is 0 Å². The maximum absolute atomic E-state index is 4.34. The molecule has 0 aromatic heterocycles. The third kappa shape index (κ3) is 8.70. The molecule has 8 bridgehead atoms. The lowest BCUT2D eigenvalue weighted by molar-refractivity contribution is 0.191. The molecule has 68 heavy (non-hydrogen) atoms. The van der Waals surface area contributed by atoms with E-state index in [4.69, 9.17) is 0 Å². The van der Waals surface area contributed by atoms with Gasteiger partial charge in [-0.05, 0) is 109 Å². The highest BCUT2D eigenvalue weighted by molar-refractivity contribution is 8.00. The number of nitrogens with one attached hydrogen (secondary N) is 8. The van der Waals surface area contributed by atoms with Crippen molar-refractivity contribution in [2.75, 3.05) is 0 Å². The van der Waals surface area contributed by atoms with Crippen LogP contribution in [0, 0.1) is 23.7 Å². The minimum absolute atomic E-state index is 0.0459. The minimum atomic E-state index is -0.0545. The Morgan fingerprint density at radius 1 is 0.324 bits per heavy atom. The van der Waals surface area contributed by atoms with E-state index in [1.165, 1.54) is 90.2 Å². The monoisotopic (exact) mass is 972 g/mol. The van der Waals surface area contributed by atoms with Crippen molar-refractivity contribution in [2.45, 2.75) is 128 Å². The predicted molar refractivity (Wildman–Crippen MR) is 279 cm³/mol. The summed E-state index contributed by atoms with van der Waals surface area (Å²) in [6.07, 6.45) is 7.40. The van der Waals surface area contributed by atoms with Gasteiger partial charge >= 0.3 is 0 Å². The molecule has 0 radical (unpaired) electrons. The molecule has 2 saturated carbocycles. The highest BCUT2D eigenvalue weighted by Gasteiger charge is 2.54. The fourth-order valence-electron chi connectivity index (χ4n) is 12.9. The molecular weight excluding hydrogens is 913 g/mol. The van der Waals surface area contributed by atoms with Gasteiger partial charge in [0.25, 0.3) is 0 Å². The van der Waals surface area contributed by atoms with Gasteiger partial charge in [-0.1, -0.05) is 133 Å². The third-order valence-corrected chi connectivity index (χ3v) is 20.7. The first-order chi connectivity index (χ1) is 33.7. The van der Waals surface area contributed by atoms with Gasteiger partial charge < -0.3 is 0 Å². The number of benzene rings is 6. The molecule has 5 heterocycles. The zero-order valence-corrected chi connectivity index (χ0v) is 41.2. The van der Waals surface area contributed by atoms with Crippen molar-refractivity contribution in [3.63, 3.8) is 0 Å². The number of rotatable bonds is 8. The van der Waals surface area contributed by atoms with Crippen LogP contribution in [0.2, 0.25) is 0 Å². The van der Waals surface area contributed by atoms with Crippen LogP contribution in [0.25, 0.3) is 0 Å². The second-order valence-corrected chi connectivity index (χ2v) is 24.5. The van der Waals surface area contributed by atoms with Crippen LogP contribution in [-0.2, 0) is 0 Å². The van der Waals surface area contributed by atoms with E-state index in [0.717, 1.165) is 0 Å². The minimum Gasteiger partial charge on any atom is -0.286 e. The predicted octanol–water partition coefficient (Wildman–Crippen LogP) is 10.9. The molecule has 12 heteroatoms. The van der Waals surface area contributed by atoms with Crippen LogP contribution < -0.4 is 42.5 Å². The Morgan fingerprint density at radius 3 is 1.12 bits per heavy atom. The molecule has 8 N–H and O–H groups in total. The molecule has 3 saturated heterocycles. The maximum Gasteiger partial charge on any atom is 0.0876 e. The van der Waals surface area contributed by atoms with Gasteiger partial charge in [0.05, 0.1) is 49.3 Å². The first-order valence-corrected chi connectivity index (χ1v) is 28.3. The van der Waals surface area contributed by atoms with Gasteiger partial charge in [-0.2, -0.15) is 0 Å².